The molecule has 4 N–H and O–H groups in total. The van der Waals surface area contributed by atoms with Crippen LogP contribution in [0.3, 0.4) is 0 Å². The van der Waals surface area contributed by atoms with Gasteiger partial charge >= 0.3 is 202 Å². The van der Waals surface area contributed by atoms with E-state index >= 15 is 0 Å². The van der Waals surface area contributed by atoms with Gasteiger partial charge in [0.15, 0.2) is 0 Å². The standard InChI is InChI=1S/C24H24FIN5O2/c1-13-6-8-26-16-11-29-24(32)19-21(16)31-20(14-7-9-27-12-18(14)28-10-13)22(19)30-17-5-3-4-15(25)23(17)33-2/h3-7,9,12,16,28,30-31H,8,10-11H2,1-2H3,(H,29,32)/q-1/b13-6+/t16-/m1/s1. The Labute approximate surface area is 201 Å². The molecule has 3 aromatic rings. The molecule has 2 aliphatic heterocycles. The molecule has 1 amide bonds. The number of carbonyl (C=O) groups excluding carboxylic acids is 1. The van der Waals surface area contributed by atoms with Crippen LogP contribution in [0.25, 0.3) is 11.3 Å². The van der Waals surface area contributed by atoms with Crippen molar-refractivity contribution in [3.63, 3.8) is 0 Å². The van der Waals surface area contributed by atoms with Crippen LogP contribution in [-0.4, -0.2) is 40.5 Å². The van der Waals surface area contributed by atoms with Crippen molar-refractivity contribution in [1.82, 2.24) is 15.3 Å². The molecule has 0 radical (unpaired) electrons. The number of amides is 1. The Kier molecular flexibility index (Phi) is 5.96. The fraction of sp³-hybridized carbons (Fsp3) is 0.250. The van der Waals surface area contributed by atoms with Crippen LogP contribution in [0, 0.1) is 5.82 Å². The molecule has 9 heteroatoms. The van der Waals surface area contributed by atoms with Gasteiger partial charge in [0.2, 0.25) is 0 Å². The molecule has 2 aromatic heterocycles. The van der Waals surface area contributed by atoms with Gasteiger partial charge < -0.3 is 0 Å². The molecule has 33 heavy (non-hydrogen) atoms. The van der Waals surface area contributed by atoms with Crippen LogP contribution in [0.1, 0.15) is 26.9 Å². The summed E-state index contributed by atoms with van der Waals surface area (Å²) < 4.78 is 21.0. The summed E-state index contributed by atoms with van der Waals surface area (Å²) >= 11 is -0.244. The van der Waals surface area contributed by atoms with E-state index in [1.54, 1.807) is 24.5 Å². The third kappa shape index (κ3) is 4.05. The number of fused-ring (bicyclic) bond motifs is 3. The first-order valence-electron chi connectivity index (χ1n) is 10.6. The molecule has 1 atom stereocenters. The number of aromatic amines is 1. The van der Waals surface area contributed by atoms with Gasteiger partial charge in [-0.1, -0.05) is 0 Å². The Bertz CT molecular complexity index is 1260. The van der Waals surface area contributed by atoms with Crippen molar-refractivity contribution in [2.75, 3.05) is 35.3 Å². The Morgan fingerprint density at radius 3 is 3.00 bits per heavy atom. The summed E-state index contributed by atoms with van der Waals surface area (Å²) in [5, 5.41) is 9.86. The predicted molar refractivity (Wildman–Crippen MR) is 122 cm³/mol. The topological polar surface area (TPSA) is 91.1 Å². The second-order valence-electron chi connectivity index (χ2n) is 7.92. The molecule has 7 nitrogen and oxygen atoms in total. The average molecular weight is 560 g/mol. The number of allylic oxidation sites excluding steroid dienone is 1. The van der Waals surface area contributed by atoms with E-state index < -0.39 is 5.82 Å². The van der Waals surface area contributed by atoms with Crippen LogP contribution < -0.4 is 41.9 Å². The van der Waals surface area contributed by atoms with Crippen LogP contribution in [0.4, 0.5) is 21.5 Å². The van der Waals surface area contributed by atoms with E-state index in [1.807, 2.05) is 6.07 Å². The van der Waals surface area contributed by atoms with Crippen molar-refractivity contribution in [2.45, 2.75) is 10.8 Å². The molecular weight excluding hydrogens is 536 g/mol. The number of hydrogen-bond donors (Lipinski definition) is 4. The number of rotatable bonds is 3. The number of methoxy groups -OCH3 is 1. The molecule has 0 fully saturated rings. The molecule has 0 aliphatic carbocycles. The van der Waals surface area contributed by atoms with Crippen LogP contribution in [0.15, 0.2) is 48.3 Å². The number of alkyl halides is 2. The third-order valence-corrected chi connectivity index (χ3v) is 8.87. The van der Waals surface area contributed by atoms with Crippen molar-refractivity contribution in [1.29, 1.82) is 0 Å². The molecule has 0 spiro atoms. The molecule has 0 saturated carbocycles. The molecule has 2 aliphatic rings. The van der Waals surface area contributed by atoms with Crippen molar-refractivity contribution in [3.05, 3.63) is 65.4 Å². The van der Waals surface area contributed by atoms with E-state index in [0.717, 1.165) is 27.1 Å². The quantitative estimate of drug-likeness (QED) is 0.220. The number of hydrogen-bond acceptors (Lipinski definition) is 5. The number of halogens is 2. The minimum atomic E-state index is -0.472. The summed E-state index contributed by atoms with van der Waals surface area (Å²) in [5.74, 6) is -0.513. The number of pyridine rings is 1. The Balaban J connectivity index is 1.73. The van der Waals surface area contributed by atoms with Gasteiger partial charge in [-0.3, -0.25) is 0 Å². The first-order valence-corrected chi connectivity index (χ1v) is 13.4. The molecule has 4 heterocycles. The number of benzene rings is 1. The average Bonchev–Trinajstić information content (AvgIpc) is 3.19. The zero-order valence-corrected chi connectivity index (χ0v) is 20.4. The first kappa shape index (κ1) is 21.7. The Morgan fingerprint density at radius 2 is 2.15 bits per heavy atom. The van der Waals surface area contributed by atoms with Gasteiger partial charge in [0.25, 0.3) is 0 Å². The number of aromatic nitrogens is 2. The fourth-order valence-electron chi connectivity index (χ4n) is 4.11. The van der Waals surface area contributed by atoms with Crippen molar-refractivity contribution < 1.29 is 35.1 Å². The van der Waals surface area contributed by atoms with Crippen molar-refractivity contribution in [2.24, 2.45) is 0 Å². The number of carbonyl (C=O) groups is 1. The molecule has 0 unspecified atom stereocenters. The predicted octanol–water partition coefficient (Wildman–Crippen LogP) is 1.21. The van der Waals surface area contributed by atoms with Gasteiger partial charge in [-0.15, -0.1) is 0 Å². The number of para-hydroxylation sites is 1. The fourth-order valence-corrected chi connectivity index (χ4v) is 7.17. The SMILES string of the molecule is COc1c(F)cccc1Nc1c2[nH]c3c1C(=O)NC[C@H]3[I-]C/C=C(\C)CNc1cnccc1-2. The van der Waals surface area contributed by atoms with Gasteiger partial charge in [0.05, 0.1) is 0 Å². The molecule has 2 bridgehead atoms. The summed E-state index contributed by atoms with van der Waals surface area (Å²) in [7, 11) is 1.43. The molecule has 5 rings (SSSR count). The van der Waals surface area contributed by atoms with Crippen LogP contribution >= 0.6 is 0 Å². The minimum absolute atomic E-state index is 0.101. The Morgan fingerprint density at radius 1 is 1.27 bits per heavy atom. The van der Waals surface area contributed by atoms with Crippen LogP contribution in [0.2, 0.25) is 0 Å². The van der Waals surface area contributed by atoms with Crippen molar-refractivity contribution >= 4 is 23.0 Å². The number of H-pyrrole nitrogens is 1. The number of nitrogens with one attached hydrogen (secondary N) is 4. The van der Waals surface area contributed by atoms with Crippen LogP contribution in [-0.2, 0) is 0 Å². The summed E-state index contributed by atoms with van der Waals surface area (Å²) in [4.78, 5) is 21.0. The summed E-state index contributed by atoms with van der Waals surface area (Å²) in [6.45, 7) is 3.46. The second-order valence-corrected chi connectivity index (χ2v) is 11.2. The molecular formula is C24H24FIN5O2-. The third-order valence-electron chi connectivity index (χ3n) is 5.79. The van der Waals surface area contributed by atoms with Gasteiger partial charge in [-0.25, -0.2) is 0 Å². The zero-order valence-electron chi connectivity index (χ0n) is 18.3. The van der Waals surface area contributed by atoms with E-state index in [0.29, 0.717) is 30.0 Å². The number of nitrogens with zero attached hydrogens (tertiary/aromatic N) is 1. The summed E-state index contributed by atoms with van der Waals surface area (Å²) in [6.07, 6.45) is 5.80. The van der Waals surface area contributed by atoms with E-state index in [1.165, 1.54) is 18.7 Å². The molecule has 172 valence electrons. The van der Waals surface area contributed by atoms with E-state index in [2.05, 4.69) is 38.9 Å². The maximum absolute atomic E-state index is 14.4. The first-order chi connectivity index (χ1) is 16.1. The van der Waals surface area contributed by atoms with Gasteiger partial charge in [0.1, 0.15) is 0 Å². The van der Waals surface area contributed by atoms with E-state index in [9.17, 15) is 9.18 Å². The van der Waals surface area contributed by atoms with E-state index in [4.69, 9.17) is 4.74 Å². The molecule has 0 saturated heterocycles. The van der Waals surface area contributed by atoms with Gasteiger partial charge in [-0.05, 0) is 0 Å². The number of anilines is 3. The number of ether oxygens (including phenoxy) is 1. The second kappa shape index (κ2) is 9.05. The van der Waals surface area contributed by atoms with Gasteiger partial charge in [0, 0.05) is 0 Å². The van der Waals surface area contributed by atoms with Crippen LogP contribution in [0.5, 0.6) is 5.75 Å². The molecule has 1 aromatic carbocycles. The zero-order chi connectivity index (χ0) is 22.9. The van der Waals surface area contributed by atoms with E-state index in [-0.39, 0.29) is 36.8 Å². The van der Waals surface area contributed by atoms with Gasteiger partial charge in [-0.2, -0.15) is 0 Å². The maximum atomic E-state index is 14.4. The van der Waals surface area contributed by atoms with Crippen molar-refractivity contribution in [3.8, 4) is 17.0 Å². The Hall–Kier alpha value is -3.08. The monoisotopic (exact) mass is 560 g/mol. The normalized spacial score (nSPS) is 19.3. The summed E-state index contributed by atoms with van der Waals surface area (Å²) in [5.41, 5.74) is 6.36. The summed E-state index contributed by atoms with van der Waals surface area (Å²) in [6, 6.07) is 6.62.